The van der Waals surface area contributed by atoms with Gasteiger partial charge in [0.15, 0.2) is 0 Å². The summed E-state index contributed by atoms with van der Waals surface area (Å²) in [4.78, 5) is 20.8. The SMILES string of the molecule is COc1ccc2c(c1)C(C)C(C)CC(c1cnc(-c3ccc(C4CCC(CC(=O)O)CC4)cc3)cc1Cl)=N2. The molecule has 38 heavy (non-hydrogen) atoms. The highest BCUT2D eigenvalue weighted by atomic mass is 35.5. The fourth-order valence-electron chi connectivity index (χ4n) is 5.95. The van der Waals surface area contributed by atoms with E-state index in [-0.39, 0.29) is 0 Å². The minimum atomic E-state index is -0.685. The number of aromatic nitrogens is 1. The number of carboxylic acids is 1. The highest BCUT2D eigenvalue weighted by Crippen LogP contribution is 2.41. The van der Waals surface area contributed by atoms with Crippen LogP contribution in [0.5, 0.6) is 5.75 Å². The zero-order chi connectivity index (χ0) is 26.8. The molecule has 1 fully saturated rings. The molecule has 1 aromatic heterocycles. The normalized spacial score (nSPS) is 23.2. The van der Waals surface area contributed by atoms with Gasteiger partial charge in [0.2, 0.25) is 0 Å². The quantitative estimate of drug-likeness (QED) is 0.347. The van der Waals surface area contributed by atoms with Crippen molar-refractivity contribution >= 4 is 29.0 Å². The Labute approximate surface area is 229 Å². The molecule has 5 rings (SSSR count). The third kappa shape index (κ3) is 5.63. The Kier molecular flexibility index (Phi) is 7.85. The number of nitrogens with zero attached hydrogens (tertiary/aromatic N) is 2. The van der Waals surface area contributed by atoms with E-state index in [0.717, 1.165) is 66.1 Å². The standard InChI is InChI=1S/C32H35ClN2O3/c1-19-14-31(35-29-13-12-25(38-3)16-26(29)20(19)2)27-18-34-30(17-28(27)33)24-10-8-23(9-11-24)22-6-4-21(5-7-22)15-32(36)37/h8-13,16-22H,4-7,14-15H2,1-3H3,(H,36,37). The van der Waals surface area contributed by atoms with Gasteiger partial charge in [0, 0.05) is 23.7 Å². The lowest BCUT2D eigenvalue weighted by atomic mass is 9.77. The topological polar surface area (TPSA) is 71.8 Å². The maximum absolute atomic E-state index is 11.0. The molecule has 5 nitrogen and oxygen atoms in total. The van der Waals surface area contributed by atoms with Crippen molar-refractivity contribution in [3.63, 3.8) is 0 Å². The number of aliphatic imine (C=N–C) groups is 1. The zero-order valence-electron chi connectivity index (χ0n) is 22.3. The van der Waals surface area contributed by atoms with Gasteiger partial charge in [-0.25, -0.2) is 0 Å². The molecule has 2 aliphatic rings. The molecule has 1 N–H and O–H groups in total. The van der Waals surface area contributed by atoms with Crippen LogP contribution >= 0.6 is 11.6 Å². The lowest BCUT2D eigenvalue weighted by Crippen LogP contribution is -2.16. The molecule has 0 spiro atoms. The largest absolute Gasteiger partial charge is 0.497 e. The third-order valence-electron chi connectivity index (χ3n) is 8.50. The van der Waals surface area contributed by atoms with E-state index >= 15 is 0 Å². The lowest BCUT2D eigenvalue weighted by Gasteiger charge is -2.28. The van der Waals surface area contributed by atoms with Gasteiger partial charge in [0.25, 0.3) is 0 Å². The predicted molar refractivity (Wildman–Crippen MR) is 153 cm³/mol. The second-order valence-electron chi connectivity index (χ2n) is 10.9. The minimum Gasteiger partial charge on any atom is -0.497 e. The van der Waals surface area contributed by atoms with Crippen LogP contribution in [0.4, 0.5) is 5.69 Å². The molecule has 0 saturated heterocycles. The van der Waals surface area contributed by atoms with Crippen LogP contribution in [0.15, 0.2) is 59.7 Å². The van der Waals surface area contributed by atoms with Crippen LogP contribution in [0, 0.1) is 11.8 Å². The molecule has 0 bridgehead atoms. The number of pyridine rings is 1. The fraction of sp³-hybridized carbons (Fsp3) is 0.406. The van der Waals surface area contributed by atoms with E-state index in [0.29, 0.717) is 35.1 Å². The number of carboxylic acid groups (broad SMARTS) is 1. The van der Waals surface area contributed by atoms with Gasteiger partial charge in [-0.1, -0.05) is 49.7 Å². The number of ether oxygens (including phenoxy) is 1. The van der Waals surface area contributed by atoms with E-state index in [4.69, 9.17) is 31.4 Å². The van der Waals surface area contributed by atoms with Gasteiger partial charge in [-0.05, 0) is 91.2 Å². The lowest BCUT2D eigenvalue weighted by molar-refractivity contribution is -0.138. The molecule has 1 aliphatic heterocycles. The number of hydrogen-bond acceptors (Lipinski definition) is 4. The van der Waals surface area contributed by atoms with Crippen LogP contribution in [-0.4, -0.2) is 28.9 Å². The van der Waals surface area contributed by atoms with Crippen molar-refractivity contribution in [3.8, 4) is 17.0 Å². The Bertz CT molecular complexity index is 1340. The average Bonchev–Trinajstić information content (AvgIpc) is 3.04. The number of aliphatic carboxylic acids is 1. The van der Waals surface area contributed by atoms with Gasteiger partial charge in [-0.2, -0.15) is 0 Å². The Morgan fingerprint density at radius 3 is 2.45 bits per heavy atom. The molecule has 0 radical (unpaired) electrons. The summed E-state index contributed by atoms with van der Waals surface area (Å²) < 4.78 is 5.45. The number of carbonyl (C=O) groups is 1. The van der Waals surface area contributed by atoms with Gasteiger partial charge in [0.1, 0.15) is 5.75 Å². The summed E-state index contributed by atoms with van der Waals surface area (Å²) in [5.41, 5.74) is 7.20. The van der Waals surface area contributed by atoms with Crippen molar-refractivity contribution in [1.82, 2.24) is 4.98 Å². The molecule has 2 unspecified atom stereocenters. The van der Waals surface area contributed by atoms with E-state index in [2.05, 4.69) is 44.2 Å². The number of hydrogen-bond donors (Lipinski definition) is 1. The molecule has 6 heteroatoms. The van der Waals surface area contributed by atoms with E-state index in [1.165, 1.54) is 11.1 Å². The first kappa shape index (κ1) is 26.4. The molecule has 3 aromatic rings. The summed E-state index contributed by atoms with van der Waals surface area (Å²) in [6.07, 6.45) is 7.03. The van der Waals surface area contributed by atoms with Crippen molar-refractivity contribution in [1.29, 1.82) is 0 Å². The smallest absolute Gasteiger partial charge is 0.303 e. The van der Waals surface area contributed by atoms with Crippen LogP contribution < -0.4 is 4.74 Å². The van der Waals surface area contributed by atoms with Crippen LogP contribution in [-0.2, 0) is 4.79 Å². The van der Waals surface area contributed by atoms with Crippen molar-refractivity contribution < 1.29 is 14.6 Å². The molecule has 1 aliphatic carbocycles. The minimum absolute atomic E-state index is 0.291. The van der Waals surface area contributed by atoms with Crippen molar-refractivity contribution in [2.24, 2.45) is 16.8 Å². The van der Waals surface area contributed by atoms with Crippen LogP contribution in [0.25, 0.3) is 11.3 Å². The Morgan fingerprint density at radius 1 is 1.05 bits per heavy atom. The fourth-order valence-corrected chi connectivity index (χ4v) is 6.21. The van der Waals surface area contributed by atoms with E-state index in [9.17, 15) is 4.79 Å². The molecular formula is C32H35ClN2O3. The first-order chi connectivity index (χ1) is 18.3. The zero-order valence-corrected chi connectivity index (χ0v) is 23.0. The molecule has 1 saturated carbocycles. The number of halogens is 1. The monoisotopic (exact) mass is 530 g/mol. The average molecular weight is 531 g/mol. The van der Waals surface area contributed by atoms with Crippen LogP contribution in [0.1, 0.15) is 80.9 Å². The Balaban J connectivity index is 1.34. The highest BCUT2D eigenvalue weighted by Gasteiger charge is 2.26. The van der Waals surface area contributed by atoms with Gasteiger partial charge in [-0.3, -0.25) is 14.8 Å². The Morgan fingerprint density at radius 2 is 1.79 bits per heavy atom. The summed E-state index contributed by atoms with van der Waals surface area (Å²) in [6.45, 7) is 4.50. The molecular weight excluding hydrogens is 496 g/mol. The molecule has 2 heterocycles. The maximum Gasteiger partial charge on any atom is 0.303 e. The molecule has 2 aromatic carbocycles. The predicted octanol–water partition coefficient (Wildman–Crippen LogP) is 8.42. The first-order valence-electron chi connectivity index (χ1n) is 13.6. The van der Waals surface area contributed by atoms with Crippen LogP contribution in [0.3, 0.4) is 0 Å². The number of rotatable bonds is 6. The number of benzene rings is 2. The van der Waals surface area contributed by atoms with Crippen molar-refractivity contribution in [2.75, 3.05) is 7.11 Å². The highest BCUT2D eigenvalue weighted by molar-refractivity contribution is 6.34. The summed E-state index contributed by atoms with van der Waals surface area (Å²) in [5.74, 6) is 1.71. The van der Waals surface area contributed by atoms with Gasteiger partial charge in [0.05, 0.1) is 29.2 Å². The van der Waals surface area contributed by atoms with E-state index in [1.807, 2.05) is 24.4 Å². The molecule has 2 atom stereocenters. The molecule has 0 amide bonds. The second-order valence-corrected chi connectivity index (χ2v) is 11.3. The summed E-state index contributed by atoms with van der Waals surface area (Å²) in [6, 6.07) is 16.6. The van der Waals surface area contributed by atoms with Crippen molar-refractivity contribution in [3.05, 3.63) is 76.4 Å². The number of methoxy groups -OCH3 is 1. The van der Waals surface area contributed by atoms with Crippen LogP contribution in [0.2, 0.25) is 5.02 Å². The third-order valence-corrected chi connectivity index (χ3v) is 8.81. The number of fused-ring (bicyclic) bond motifs is 1. The second kappa shape index (κ2) is 11.3. The van der Waals surface area contributed by atoms with Crippen molar-refractivity contribution in [2.45, 2.75) is 64.2 Å². The first-order valence-corrected chi connectivity index (χ1v) is 13.9. The summed E-state index contributed by atoms with van der Waals surface area (Å²) in [7, 11) is 1.69. The van der Waals surface area contributed by atoms with E-state index < -0.39 is 5.97 Å². The van der Waals surface area contributed by atoms with Gasteiger partial charge in [-0.15, -0.1) is 0 Å². The van der Waals surface area contributed by atoms with Gasteiger partial charge < -0.3 is 9.84 Å². The van der Waals surface area contributed by atoms with E-state index in [1.54, 1.807) is 7.11 Å². The molecule has 198 valence electrons. The Hall–Kier alpha value is -3.18. The summed E-state index contributed by atoms with van der Waals surface area (Å²) >= 11 is 6.84. The van der Waals surface area contributed by atoms with Gasteiger partial charge >= 0.3 is 5.97 Å². The maximum atomic E-state index is 11.0. The summed E-state index contributed by atoms with van der Waals surface area (Å²) in [5, 5.41) is 9.72.